The van der Waals surface area contributed by atoms with Crippen LogP contribution in [0, 0.1) is 6.92 Å². The average molecular weight is 397 g/mol. The number of unbranched alkanes of at least 4 members (excludes halogenated alkanes) is 1. The molecule has 1 aromatic carbocycles. The van der Waals surface area contributed by atoms with Gasteiger partial charge in [0.1, 0.15) is 0 Å². The smallest absolute Gasteiger partial charge is 0.239 e. The first-order chi connectivity index (χ1) is 12.4. The topological polar surface area (TPSA) is 61.6 Å². The van der Waals surface area contributed by atoms with Crippen molar-refractivity contribution in [3.05, 3.63) is 29.8 Å². The van der Waals surface area contributed by atoms with Gasteiger partial charge in [0.25, 0.3) is 0 Å². The van der Waals surface area contributed by atoms with Crippen LogP contribution >= 0.6 is 12.4 Å². The fourth-order valence-corrected chi connectivity index (χ4v) is 3.55. The number of hydrogen-bond donors (Lipinski definition) is 2. The number of hydrogen-bond acceptors (Lipinski definition) is 4. The number of nitrogens with two attached hydrogens (primary N) is 1. The number of piperazine rings is 1. The van der Waals surface area contributed by atoms with Crippen LogP contribution in [0.3, 0.4) is 0 Å². The highest BCUT2D eigenvalue weighted by Gasteiger charge is 2.26. The van der Waals surface area contributed by atoms with Crippen LogP contribution in [0.4, 0.5) is 5.69 Å². The van der Waals surface area contributed by atoms with E-state index in [2.05, 4.69) is 53.2 Å². The zero-order valence-electron chi connectivity index (χ0n) is 17.2. The SMILES string of the molecule is CCCC(C)(N)C(=O)NCCCCN1CCN(c2cccc(C)c2)CC1.Cl. The fraction of sp³-hybridized carbons (Fsp3) is 0.667. The highest BCUT2D eigenvalue weighted by atomic mass is 35.5. The van der Waals surface area contributed by atoms with Gasteiger partial charge in [0.2, 0.25) is 5.91 Å². The quantitative estimate of drug-likeness (QED) is 0.630. The lowest BCUT2D eigenvalue weighted by atomic mass is 9.96. The molecule has 6 heteroatoms. The van der Waals surface area contributed by atoms with Gasteiger partial charge < -0.3 is 16.0 Å². The van der Waals surface area contributed by atoms with Crippen LogP contribution in [0.2, 0.25) is 0 Å². The number of carbonyl (C=O) groups is 1. The Balaban J connectivity index is 0.00000364. The predicted molar refractivity (Wildman–Crippen MR) is 117 cm³/mol. The van der Waals surface area contributed by atoms with Crippen LogP contribution in [-0.4, -0.2) is 55.6 Å². The Morgan fingerprint density at radius 3 is 2.56 bits per heavy atom. The summed E-state index contributed by atoms with van der Waals surface area (Å²) in [6.45, 7) is 12.2. The molecule has 1 heterocycles. The summed E-state index contributed by atoms with van der Waals surface area (Å²) in [5, 5.41) is 2.99. The maximum atomic E-state index is 12.1. The summed E-state index contributed by atoms with van der Waals surface area (Å²) >= 11 is 0. The van der Waals surface area contributed by atoms with Crippen molar-refractivity contribution in [2.45, 2.75) is 52.0 Å². The van der Waals surface area contributed by atoms with E-state index >= 15 is 0 Å². The number of aryl methyl sites for hydroxylation is 1. The Bertz CT molecular complexity index is 571. The maximum Gasteiger partial charge on any atom is 0.239 e. The molecule has 1 unspecified atom stereocenters. The first kappa shape index (κ1) is 23.7. The van der Waals surface area contributed by atoms with Crippen LogP contribution in [0.5, 0.6) is 0 Å². The minimum atomic E-state index is -0.735. The minimum Gasteiger partial charge on any atom is -0.369 e. The molecule has 0 radical (unpaired) electrons. The first-order valence-electron chi connectivity index (χ1n) is 10.0. The van der Waals surface area contributed by atoms with Gasteiger partial charge in [-0.1, -0.05) is 25.5 Å². The third-order valence-electron chi connectivity index (χ3n) is 5.21. The Kier molecular flexibility index (Phi) is 10.1. The van der Waals surface area contributed by atoms with E-state index in [1.165, 1.54) is 11.3 Å². The van der Waals surface area contributed by atoms with E-state index in [1.54, 1.807) is 0 Å². The van der Waals surface area contributed by atoms with Crippen LogP contribution in [0.15, 0.2) is 24.3 Å². The molecule has 1 amide bonds. The molecular formula is C21H37ClN4O. The minimum absolute atomic E-state index is 0. The van der Waals surface area contributed by atoms with E-state index in [-0.39, 0.29) is 18.3 Å². The number of nitrogens with zero attached hydrogens (tertiary/aromatic N) is 2. The van der Waals surface area contributed by atoms with Crippen LogP contribution in [-0.2, 0) is 4.79 Å². The van der Waals surface area contributed by atoms with Gasteiger partial charge in [0.15, 0.2) is 0 Å². The second-order valence-corrected chi connectivity index (χ2v) is 7.80. The molecule has 1 aliphatic heterocycles. The van der Waals surface area contributed by atoms with Crippen molar-refractivity contribution in [1.82, 2.24) is 10.2 Å². The summed E-state index contributed by atoms with van der Waals surface area (Å²) in [5.41, 5.74) is 7.97. The van der Waals surface area contributed by atoms with Crippen molar-refractivity contribution in [1.29, 1.82) is 0 Å². The van der Waals surface area contributed by atoms with E-state index in [4.69, 9.17) is 5.73 Å². The summed E-state index contributed by atoms with van der Waals surface area (Å²) in [7, 11) is 0. The summed E-state index contributed by atoms with van der Waals surface area (Å²) in [5.74, 6) is -0.0221. The highest BCUT2D eigenvalue weighted by Crippen LogP contribution is 2.18. The molecule has 5 nitrogen and oxygen atoms in total. The molecule has 1 aromatic rings. The predicted octanol–water partition coefficient (Wildman–Crippen LogP) is 2.95. The standard InChI is InChI=1S/C21H36N4O.ClH/c1-4-10-21(3,22)20(26)23-11-5-6-12-24-13-15-25(16-14-24)19-9-7-8-18(2)17-19;/h7-9,17H,4-6,10-16,22H2,1-3H3,(H,23,26);1H. The van der Waals surface area contributed by atoms with Crippen molar-refractivity contribution in [3.63, 3.8) is 0 Å². The maximum absolute atomic E-state index is 12.1. The molecule has 0 aromatic heterocycles. The Hall–Kier alpha value is -1.30. The summed E-state index contributed by atoms with van der Waals surface area (Å²) in [6, 6.07) is 8.75. The van der Waals surface area contributed by atoms with Gasteiger partial charge in [-0.05, 0) is 57.4 Å². The molecule has 0 aliphatic carbocycles. The molecule has 0 spiro atoms. The fourth-order valence-electron chi connectivity index (χ4n) is 3.55. The van der Waals surface area contributed by atoms with Crippen molar-refractivity contribution in [3.8, 4) is 0 Å². The largest absolute Gasteiger partial charge is 0.369 e. The zero-order chi connectivity index (χ0) is 19.0. The second kappa shape index (κ2) is 11.5. The molecular weight excluding hydrogens is 360 g/mol. The third-order valence-corrected chi connectivity index (χ3v) is 5.21. The molecule has 0 bridgehead atoms. The molecule has 3 N–H and O–H groups in total. The van der Waals surface area contributed by atoms with Gasteiger partial charge in [-0.2, -0.15) is 0 Å². The van der Waals surface area contributed by atoms with Gasteiger partial charge in [-0.25, -0.2) is 0 Å². The Morgan fingerprint density at radius 1 is 1.22 bits per heavy atom. The zero-order valence-corrected chi connectivity index (χ0v) is 18.0. The van der Waals surface area contributed by atoms with Gasteiger partial charge in [0, 0.05) is 38.4 Å². The molecule has 1 saturated heterocycles. The summed E-state index contributed by atoms with van der Waals surface area (Å²) in [4.78, 5) is 17.1. The van der Waals surface area contributed by atoms with Crippen molar-refractivity contribution in [2.75, 3.05) is 44.2 Å². The molecule has 27 heavy (non-hydrogen) atoms. The van der Waals surface area contributed by atoms with Crippen molar-refractivity contribution in [2.24, 2.45) is 5.73 Å². The number of anilines is 1. The number of rotatable bonds is 9. The van der Waals surface area contributed by atoms with Crippen molar-refractivity contribution < 1.29 is 4.79 Å². The Labute approximate surface area is 171 Å². The van der Waals surface area contributed by atoms with Gasteiger partial charge in [0.05, 0.1) is 5.54 Å². The molecule has 2 rings (SSSR count). The summed E-state index contributed by atoms with van der Waals surface area (Å²) < 4.78 is 0. The van der Waals surface area contributed by atoms with E-state index < -0.39 is 5.54 Å². The second-order valence-electron chi connectivity index (χ2n) is 7.80. The lowest BCUT2D eigenvalue weighted by molar-refractivity contribution is -0.126. The molecule has 0 saturated carbocycles. The monoisotopic (exact) mass is 396 g/mol. The van der Waals surface area contributed by atoms with Gasteiger partial charge >= 0.3 is 0 Å². The van der Waals surface area contributed by atoms with E-state index in [1.807, 2.05) is 6.92 Å². The van der Waals surface area contributed by atoms with E-state index in [0.717, 1.165) is 65.0 Å². The number of benzene rings is 1. The number of halogens is 1. The first-order valence-corrected chi connectivity index (χ1v) is 10.0. The lowest BCUT2D eigenvalue weighted by Gasteiger charge is -2.36. The molecule has 1 aliphatic rings. The summed E-state index contributed by atoms with van der Waals surface area (Å²) in [6.07, 6.45) is 3.77. The van der Waals surface area contributed by atoms with E-state index in [0.29, 0.717) is 0 Å². The number of amides is 1. The lowest BCUT2D eigenvalue weighted by Crippen LogP contribution is -2.51. The van der Waals surface area contributed by atoms with Crippen LogP contribution in [0.1, 0.15) is 45.1 Å². The molecule has 1 atom stereocenters. The molecule has 154 valence electrons. The van der Waals surface area contributed by atoms with Crippen LogP contribution < -0.4 is 16.0 Å². The number of carbonyl (C=O) groups excluding carboxylic acids is 1. The molecule has 1 fully saturated rings. The van der Waals surface area contributed by atoms with E-state index in [9.17, 15) is 4.79 Å². The van der Waals surface area contributed by atoms with Crippen LogP contribution in [0.25, 0.3) is 0 Å². The van der Waals surface area contributed by atoms with Gasteiger partial charge in [-0.15, -0.1) is 12.4 Å². The third kappa shape index (κ3) is 7.68. The van der Waals surface area contributed by atoms with Gasteiger partial charge in [-0.3, -0.25) is 9.69 Å². The highest BCUT2D eigenvalue weighted by molar-refractivity contribution is 5.85. The normalized spacial score (nSPS) is 17.1. The van der Waals surface area contributed by atoms with Crippen molar-refractivity contribution >= 4 is 24.0 Å². The number of nitrogens with one attached hydrogen (secondary N) is 1. The average Bonchev–Trinajstić information content (AvgIpc) is 2.61. The Morgan fingerprint density at radius 2 is 1.93 bits per heavy atom.